The van der Waals surface area contributed by atoms with Crippen molar-refractivity contribution < 1.29 is 0 Å². The van der Waals surface area contributed by atoms with Crippen molar-refractivity contribution in [3.8, 4) is 0 Å². The monoisotopic (exact) mass is 268 g/mol. The molecule has 0 saturated heterocycles. The zero-order valence-corrected chi connectivity index (χ0v) is 12.9. The summed E-state index contributed by atoms with van der Waals surface area (Å²) in [5.74, 6) is 0. The fourth-order valence-corrected chi connectivity index (χ4v) is 2.05. The third-order valence-electron chi connectivity index (χ3n) is 3.81. The van der Waals surface area contributed by atoms with Gasteiger partial charge in [-0.25, -0.2) is 0 Å². The smallest absolute Gasteiger partial charge is 0.0451 e. The molecule has 0 aliphatic rings. The summed E-state index contributed by atoms with van der Waals surface area (Å²) < 4.78 is 0. The Balaban J connectivity index is 2.68. The van der Waals surface area contributed by atoms with Gasteiger partial charge in [0.25, 0.3) is 0 Å². The van der Waals surface area contributed by atoms with Gasteiger partial charge in [0, 0.05) is 23.7 Å². The van der Waals surface area contributed by atoms with Crippen molar-refractivity contribution in [3.05, 3.63) is 34.9 Å². The van der Waals surface area contributed by atoms with Gasteiger partial charge in [-0.15, -0.1) is 0 Å². The molecule has 0 aromatic heterocycles. The molecule has 1 aromatic rings. The van der Waals surface area contributed by atoms with E-state index in [0.29, 0.717) is 0 Å². The van der Waals surface area contributed by atoms with Crippen LogP contribution in [0.4, 0.5) is 0 Å². The maximum atomic E-state index is 6.23. The Bertz CT molecular complexity index is 394. The summed E-state index contributed by atoms with van der Waals surface area (Å²) in [4.78, 5) is 2.27. The molecule has 0 unspecified atom stereocenters. The van der Waals surface area contributed by atoms with Crippen LogP contribution >= 0.6 is 11.6 Å². The highest BCUT2D eigenvalue weighted by Gasteiger charge is 2.34. The summed E-state index contributed by atoms with van der Waals surface area (Å²) >= 11 is 6.18. The van der Waals surface area contributed by atoms with Gasteiger partial charge in [0.15, 0.2) is 0 Å². The first-order chi connectivity index (χ1) is 8.13. The quantitative estimate of drug-likeness (QED) is 0.885. The van der Waals surface area contributed by atoms with Crippen LogP contribution in [0.15, 0.2) is 24.3 Å². The van der Waals surface area contributed by atoms with Crippen LogP contribution in [0, 0.1) is 5.41 Å². The second-order valence-corrected chi connectivity index (χ2v) is 6.78. The molecule has 0 saturated carbocycles. The second-order valence-electron chi connectivity index (χ2n) is 6.37. The van der Waals surface area contributed by atoms with Crippen LogP contribution in [0.25, 0.3) is 0 Å². The van der Waals surface area contributed by atoms with Crippen molar-refractivity contribution >= 4 is 11.6 Å². The van der Waals surface area contributed by atoms with Gasteiger partial charge in [-0.05, 0) is 37.9 Å². The highest BCUT2D eigenvalue weighted by molar-refractivity contribution is 6.31. The van der Waals surface area contributed by atoms with Gasteiger partial charge >= 0.3 is 0 Å². The Kier molecular flexibility index (Phi) is 4.82. The maximum Gasteiger partial charge on any atom is 0.0451 e. The number of hydrogen-bond acceptors (Lipinski definition) is 2. The number of nitrogens with zero attached hydrogens (tertiary/aromatic N) is 1. The third-order valence-corrected chi connectivity index (χ3v) is 4.18. The normalized spacial score (nSPS) is 13.1. The first-order valence-corrected chi connectivity index (χ1v) is 6.72. The highest BCUT2D eigenvalue weighted by atomic mass is 35.5. The molecule has 0 radical (unpaired) electrons. The van der Waals surface area contributed by atoms with E-state index in [-0.39, 0.29) is 11.0 Å². The lowest BCUT2D eigenvalue weighted by molar-refractivity contribution is 0.126. The van der Waals surface area contributed by atoms with E-state index in [9.17, 15) is 0 Å². The van der Waals surface area contributed by atoms with Crippen molar-refractivity contribution in [1.82, 2.24) is 4.90 Å². The van der Waals surface area contributed by atoms with Crippen LogP contribution < -0.4 is 5.73 Å². The minimum Gasteiger partial charge on any atom is -0.325 e. The van der Waals surface area contributed by atoms with Gasteiger partial charge in [0.1, 0.15) is 0 Å². The summed E-state index contributed by atoms with van der Waals surface area (Å²) in [6.45, 7) is 10.3. The molecule has 0 amide bonds. The first-order valence-electron chi connectivity index (χ1n) is 6.34. The van der Waals surface area contributed by atoms with E-state index < -0.39 is 0 Å². The number of hydrogen-bond donors (Lipinski definition) is 1. The van der Waals surface area contributed by atoms with Crippen LogP contribution in [0.5, 0.6) is 0 Å². The lowest BCUT2D eigenvalue weighted by Crippen LogP contribution is -2.52. The van der Waals surface area contributed by atoms with Crippen LogP contribution in [0.3, 0.4) is 0 Å². The average molecular weight is 269 g/mol. The fraction of sp³-hybridized carbons (Fsp3) is 0.600. The molecule has 0 spiro atoms. The Hall–Kier alpha value is -0.570. The van der Waals surface area contributed by atoms with E-state index in [1.165, 1.54) is 0 Å². The number of halogens is 1. The summed E-state index contributed by atoms with van der Waals surface area (Å²) in [6.07, 6.45) is 0. The van der Waals surface area contributed by atoms with E-state index in [1.807, 2.05) is 18.2 Å². The number of nitrogens with two attached hydrogens (primary N) is 1. The number of rotatable bonds is 5. The van der Waals surface area contributed by atoms with Crippen LogP contribution in [0.1, 0.15) is 33.3 Å². The Morgan fingerprint density at radius 1 is 1.17 bits per heavy atom. The van der Waals surface area contributed by atoms with E-state index in [4.69, 9.17) is 17.3 Å². The van der Waals surface area contributed by atoms with E-state index in [0.717, 1.165) is 23.7 Å². The average Bonchev–Trinajstić information content (AvgIpc) is 2.19. The molecular weight excluding hydrogens is 244 g/mol. The predicted octanol–water partition coefficient (Wildman–Crippen LogP) is 3.54. The molecule has 102 valence electrons. The molecule has 3 heteroatoms. The van der Waals surface area contributed by atoms with Crippen molar-refractivity contribution in [2.24, 2.45) is 11.1 Å². The zero-order valence-electron chi connectivity index (χ0n) is 12.1. The van der Waals surface area contributed by atoms with Crippen molar-refractivity contribution in [3.63, 3.8) is 0 Å². The fourth-order valence-electron chi connectivity index (χ4n) is 1.85. The van der Waals surface area contributed by atoms with Crippen LogP contribution in [-0.4, -0.2) is 24.0 Å². The predicted molar refractivity (Wildman–Crippen MR) is 79.8 cm³/mol. The number of benzene rings is 1. The standard InChI is InChI=1S/C15H25ClN2/c1-14(2,15(3,4)17)11-18(5)10-12-8-6-7-9-13(12)16/h6-9H,10-11,17H2,1-5H3. The van der Waals surface area contributed by atoms with Crippen molar-refractivity contribution in [1.29, 1.82) is 0 Å². The molecule has 1 aromatic carbocycles. The molecule has 0 aliphatic carbocycles. The largest absolute Gasteiger partial charge is 0.325 e. The molecule has 0 aliphatic heterocycles. The van der Waals surface area contributed by atoms with Crippen molar-refractivity contribution in [2.45, 2.75) is 39.8 Å². The minimum absolute atomic E-state index is 0.0446. The van der Waals surface area contributed by atoms with Gasteiger partial charge in [-0.3, -0.25) is 0 Å². The summed E-state index contributed by atoms with van der Waals surface area (Å²) in [6, 6.07) is 7.98. The zero-order chi connectivity index (χ0) is 14.0. The minimum atomic E-state index is -0.207. The molecule has 18 heavy (non-hydrogen) atoms. The molecule has 2 N–H and O–H groups in total. The molecule has 0 heterocycles. The summed E-state index contributed by atoms with van der Waals surface area (Å²) in [5, 5.41) is 0.828. The summed E-state index contributed by atoms with van der Waals surface area (Å²) in [7, 11) is 2.11. The van der Waals surface area contributed by atoms with Crippen molar-refractivity contribution in [2.75, 3.05) is 13.6 Å². The Morgan fingerprint density at radius 2 is 1.72 bits per heavy atom. The lowest BCUT2D eigenvalue weighted by Gasteiger charge is -2.41. The highest BCUT2D eigenvalue weighted by Crippen LogP contribution is 2.29. The van der Waals surface area contributed by atoms with E-state index >= 15 is 0 Å². The topological polar surface area (TPSA) is 29.3 Å². The van der Waals surface area contributed by atoms with Crippen LogP contribution in [0.2, 0.25) is 5.02 Å². The third kappa shape index (κ3) is 3.98. The molecule has 2 nitrogen and oxygen atoms in total. The molecular formula is C15H25ClN2. The van der Waals surface area contributed by atoms with Gasteiger partial charge in [0.2, 0.25) is 0 Å². The second kappa shape index (κ2) is 5.60. The Labute approximate surface area is 116 Å². The van der Waals surface area contributed by atoms with Gasteiger partial charge in [0.05, 0.1) is 0 Å². The SMILES string of the molecule is CN(Cc1ccccc1Cl)CC(C)(C)C(C)(C)N. The molecule has 0 bridgehead atoms. The van der Waals surface area contributed by atoms with Gasteiger partial charge in [-0.2, -0.15) is 0 Å². The first kappa shape index (κ1) is 15.5. The van der Waals surface area contributed by atoms with Gasteiger partial charge in [-0.1, -0.05) is 43.6 Å². The lowest BCUT2D eigenvalue weighted by atomic mass is 9.75. The van der Waals surface area contributed by atoms with Crippen LogP contribution in [-0.2, 0) is 6.54 Å². The maximum absolute atomic E-state index is 6.23. The molecule has 1 rings (SSSR count). The molecule has 0 atom stereocenters. The Morgan fingerprint density at radius 3 is 2.22 bits per heavy atom. The van der Waals surface area contributed by atoms with E-state index in [1.54, 1.807) is 0 Å². The van der Waals surface area contributed by atoms with E-state index in [2.05, 4.69) is 45.7 Å². The summed E-state index contributed by atoms with van der Waals surface area (Å²) in [5.41, 5.74) is 7.23. The molecule has 0 fully saturated rings. The van der Waals surface area contributed by atoms with Gasteiger partial charge < -0.3 is 10.6 Å².